The average molecular weight is 568 g/mol. The highest BCUT2D eigenvalue weighted by Crippen LogP contribution is 2.34. The SMILES string of the molecule is COc1ccc(C)cc1OCCc1ccc(C2=C(C(=O)N(C)CCc3ccccc3)[C@H]3CN(C(C)=O)C[C@@H](C2)N3)cc1. The lowest BCUT2D eigenvalue weighted by Gasteiger charge is -2.44. The summed E-state index contributed by atoms with van der Waals surface area (Å²) < 4.78 is 11.5. The second kappa shape index (κ2) is 13.3. The lowest BCUT2D eigenvalue weighted by Crippen LogP contribution is -2.61. The van der Waals surface area contributed by atoms with Gasteiger partial charge in [-0.15, -0.1) is 0 Å². The molecule has 2 aliphatic rings. The molecule has 0 aliphatic carbocycles. The van der Waals surface area contributed by atoms with Crippen molar-refractivity contribution in [3.05, 3.63) is 101 Å². The quantitative estimate of drug-likeness (QED) is 0.386. The van der Waals surface area contributed by atoms with Gasteiger partial charge in [0.1, 0.15) is 0 Å². The highest BCUT2D eigenvalue weighted by atomic mass is 16.5. The van der Waals surface area contributed by atoms with Crippen molar-refractivity contribution in [2.24, 2.45) is 0 Å². The molecule has 3 aromatic rings. The van der Waals surface area contributed by atoms with Crippen molar-refractivity contribution in [2.75, 3.05) is 40.4 Å². The molecule has 0 radical (unpaired) electrons. The van der Waals surface area contributed by atoms with E-state index in [1.54, 1.807) is 14.0 Å². The van der Waals surface area contributed by atoms with Crippen LogP contribution in [0.2, 0.25) is 0 Å². The van der Waals surface area contributed by atoms with Gasteiger partial charge in [0.2, 0.25) is 5.91 Å². The Morgan fingerprint density at radius 2 is 1.69 bits per heavy atom. The number of ether oxygens (including phenoxy) is 2. The summed E-state index contributed by atoms with van der Waals surface area (Å²) in [4.78, 5) is 30.0. The van der Waals surface area contributed by atoms with Crippen molar-refractivity contribution in [3.63, 3.8) is 0 Å². The molecule has 0 spiro atoms. The standard InChI is InChI=1S/C35H41N3O4/c1-24-10-15-32(41-4)33(20-24)42-19-17-27-11-13-28(14-12-27)30-21-29-22-38(25(2)39)23-31(36-29)34(30)35(40)37(3)18-16-26-8-6-5-7-9-26/h5-15,20,29,31,36H,16-19,21-23H2,1-4H3/t29-,31-/m1/s1. The maximum absolute atomic E-state index is 14.0. The van der Waals surface area contributed by atoms with Crippen molar-refractivity contribution in [1.29, 1.82) is 0 Å². The summed E-state index contributed by atoms with van der Waals surface area (Å²) >= 11 is 0. The molecule has 0 aromatic heterocycles. The minimum Gasteiger partial charge on any atom is -0.493 e. The highest BCUT2D eigenvalue weighted by molar-refractivity contribution is 6.03. The van der Waals surface area contributed by atoms with Crippen molar-refractivity contribution in [2.45, 2.75) is 45.2 Å². The Morgan fingerprint density at radius 1 is 0.952 bits per heavy atom. The number of fused-ring (bicyclic) bond motifs is 2. The zero-order valence-corrected chi connectivity index (χ0v) is 25.1. The van der Waals surface area contributed by atoms with E-state index in [2.05, 4.69) is 41.7 Å². The number of piperazine rings is 1. The third kappa shape index (κ3) is 6.85. The van der Waals surface area contributed by atoms with Crippen LogP contribution >= 0.6 is 0 Å². The van der Waals surface area contributed by atoms with Gasteiger partial charge in [0.05, 0.1) is 19.8 Å². The molecule has 5 rings (SSSR count). The number of hydrogen-bond acceptors (Lipinski definition) is 5. The third-order valence-electron chi connectivity index (χ3n) is 8.28. The first-order valence-corrected chi connectivity index (χ1v) is 14.7. The Labute approximate surface area is 249 Å². The van der Waals surface area contributed by atoms with Crippen LogP contribution in [0.25, 0.3) is 5.57 Å². The molecule has 0 saturated carbocycles. The Morgan fingerprint density at radius 3 is 2.40 bits per heavy atom. The Bertz CT molecular complexity index is 1430. The Balaban J connectivity index is 1.34. The van der Waals surface area contributed by atoms with Crippen LogP contribution in [-0.2, 0) is 22.4 Å². The van der Waals surface area contributed by atoms with E-state index in [9.17, 15) is 9.59 Å². The zero-order chi connectivity index (χ0) is 29.6. The number of rotatable bonds is 10. The molecule has 3 aromatic carbocycles. The van der Waals surface area contributed by atoms with Crippen LogP contribution in [0.15, 0.2) is 78.4 Å². The van der Waals surface area contributed by atoms with E-state index in [-0.39, 0.29) is 23.9 Å². The fourth-order valence-electron chi connectivity index (χ4n) is 5.92. The molecule has 2 atom stereocenters. The number of amides is 2. The smallest absolute Gasteiger partial charge is 0.251 e. The minimum atomic E-state index is -0.194. The number of methoxy groups -OCH3 is 1. The molecule has 42 heavy (non-hydrogen) atoms. The van der Waals surface area contributed by atoms with Crippen LogP contribution in [0.4, 0.5) is 0 Å². The molecule has 220 valence electrons. The third-order valence-corrected chi connectivity index (χ3v) is 8.28. The van der Waals surface area contributed by atoms with Gasteiger partial charge < -0.3 is 24.6 Å². The number of hydrogen-bond donors (Lipinski definition) is 1. The number of nitrogens with one attached hydrogen (secondary N) is 1. The summed E-state index contributed by atoms with van der Waals surface area (Å²) in [5.74, 6) is 1.55. The van der Waals surface area contributed by atoms with Gasteiger partial charge in [-0.3, -0.25) is 9.59 Å². The van der Waals surface area contributed by atoms with Crippen molar-refractivity contribution >= 4 is 17.4 Å². The summed E-state index contributed by atoms with van der Waals surface area (Å²) in [6.45, 7) is 5.95. The second-order valence-corrected chi connectivity index (χ2v) is 11.3. The molecule has 1 fully saturated rings. The van der Waals surface area contributed by atoms with Crippen LogP contribution in [0.5, 0.6) is 11.5 Å². The molecule has 0 unspecified atom stereocenters. The second-order valence-electron chi connectivity index (χ2n) is 11.3. The van der Waals surface area contributed by atoms with E-state index in [0.29, 0.717) is 32.7 Å². The van der Waals surface area contributed by atoms with Gasteiger partial charge in [0, 0.05) is 51.6 Å². The number of nitrogens with zero attached hydrogens (tertiary/aromatic N) is 2. The first-order chi connectivity index (χ1) is 20.3. The van der Waals surface area contributed by atoms with Gasteiger partial charge in [0.25, 0.3) is 5.91 Å². The molecular weight excluding hydrogens is 526 g/mol. The molecule has 1 saturated heterocycles. The number of carbonyl (C=O) groups excluding carboxylic acids is 2. The predicted octanol–water partition coefficient (Wildman–Crippen LogP) is 4.67. The topological polar surface area (TPSA) is 71.1 Å². The maximum Gasteiger partial charge on any atom is 0.251 e. The molecule has 7 heteroatoms. The summed E-state index contributed by atoms with van der Waals surface area (Å²) in [5, 5.41) is 3.64. The first kappa shape index (κ1) is 29.4. The normalized spacial score (nSPS) is 18.0. The lowest BCUT2D eigenvalue weighted by molar-refractivity contribution is -0.132. The van der Waals surface area contributed by atoms with Crippen LogP contribution in [0.3, 0.4) is 0 Å². The summed E-state index contributed by atoms with van der Waals surface area (Å²) in [6.07, 6.45) is 2.24. The Kier molecular flexibility index (Phi) is 9.28. The molecule has 7 nitrogen and oxygen atoms in total. The van der Waals surface area contributed by atoms with E-state index >= 15 is 0 Å². The van der Waals surface area contributed by atoms with E-state index in [1.165, 1.54) is 5.56 Å². The van der Waals surface area contributed by atoms with E-state index in [0.717, 1.165) is 52.2 Å². The van der Waals surface area contributed by atoms with Crippen molar-refractivity contribution in [1.82, 2.24) is 15.1 Å². The lowest BCUT2D eigenvalue weighted by atomic mass is 9.82. The van der Waals surface area contributed by atoms with Crippen LogP contribution < -0.4 is 14.8 Å². The highest BCUT2D eigenvalue weighted by Gasteiger charge is 2.39. The summed E-state index contributed by atoms with van der Waals surface area (Å²) in [6, 6.07) is 24.6. The van der Waals surface area contributed by atoms with Gasteiger partial charge in [0.15, 0.2) is 11.5 Å². The van der Waals surface area contributed by atoms with Crippen LogP contribution in [0.1, 0.15) is 35.6 Å². The molecule has 2 bridgehead atoms. The fraction of sp³-hybridized carbons (Fsp3) is 0.371. The predicted molar refractivity (Wildman–Crippen MR) is 166 cm³/mol. The molecular formula is C35H41N3O4. The van der Waals surface area contributed by atoms with Crippen LogP contribution in [0, 0.1) is 6.92 Å². The number of benzene rings is 3. The zero-order valence-electron chi connectivity index (χ0n) is 25.1. The van der Waals surface area contributed by atoms with Crippen molar-refractivity contribution in [3.8, 4) is 11.5 Å². The minimum absolute atomic E-state index is 0.0202. The number of likely N-dealkylation sites (N-methyl/N-ethyl adjacent to an activating group) is 1. The van der Waals surface area contributed by atoms with E-state index in [4.69, 9.17) is 9.47 Å². The monoisotopic (exact) mass is 567 g/mol. The molecule has 2 heterocycles. The average Bonchev–Trinajstić information content (AvgIpc) is 3.00. The molecule has 1 N–H and O–H groups in total. The number of aryl methyl sites for hydroxylation is 1. The first-order valence-electron chi connectivity index (χ1n) is 14.7. The van der Waals surface area contributed by atoms with Gasteiger partial charge in [-0.25, -0.2) is 0 Å². The Hall–Kier alpha value is -4.10. The molecule has 2 amide bonds. The maximum atomic E-state index is 14.0. The summed E-state index contributed by atoms with van der Waals surface area (Å²) in [7, 11) is 3.53. The largest absolute Gasteiger partial charge is 0.493 e. The van der Waals surface area contributed by atoms with E-state index < -0.39 is 0 Å². The van der Waals surface area contributed by atoms with Gasteiger partial charge in [-0.2, -0.15) is 0 Å². The fourth-order valence-corrected chi connectivity index (χ4v) is 5.92. The number of carbonyl (C=O) groups is 2. The molecule has 2 aliphatic heterocycles. The van der Waals surface area contributed by atoms with Gasteiger partial charge in [-0.05, 0) is 59.7 Å². The summed E-state index contributed by atoms with van der Waals surface area (Å²) in [5.41, 5.74) is 6.40. The van der Waals surface area contributed by atoms with Crippen molar-refractivity contribution < 1.29 is 19.1 Å². The van der Waals surface area contributed by atoms with Gasteiger partial charge in [-0.1, -0.05) is 60.7 Å². The van der Waals surface area contributed by atoms with Crippen LogP contribution in [-0.4, -0.2) is 74.1 Å². The van der Waals surface area contributed by atoms with E-state index in [1.807, 2.05) is 60.2 Å². The van der Waals surface area contributed by atoms with Gasteiger partial charge >= 0.3 is 0 Å².